The molecule has 2 atom stereocenters. The van der Waals surface area contributed by atoms with Crippen LogP contribution >= 0.6 is 23.5 Å². The van der Waals surface area contributed by atoms with Crippen LogP contribution in [0, 0.1) is 5.92 Å². The number of carbonyl (C=O) groups is 1. The van der Waals surface area contributed by atoms with Gasteiger partial charge < -0.3 is 4.42 Å². The van der Waals surface area contributed by atoms with Gasteiger partial charge in [-0.1, -0.05) is 0 Å². The Morgan fingerprint density at radius 3 is 2.65 bits per heavy atom. The molecule has 0 N–H and O–H groups in total. The largest absolute Gasteiger partial charge is 0.469 e. The first-order valence-corrected chi connectivity index (χ1v) is 8.00. The fourth-order valence-corrected chi connectivity index (χ4v) is 3.55. The third-order valence-corrected chi connectivity index (χ3v) is 5.44. The molecule has 1 aliphatic carbocycles. The molecule has 0 bridgehead atoms. The Kier molecular flexibility index (Phi) is 4.05. The summed E-state index contributed by atoms with van der Waals surface area (Å²) in [4.78, 5) is 12.2. The molecule has 4 heteroatoms. The monoisotopic (exact) mass is 268 g/mol. The van der Waals surface area contributed by atoms with Crippen LogP contribution in [0.4, 0.5) is 0 Å². The lowest BCUT2D eigenvalue weighted by atomic mass is 10.1. The summed E-state index contributed by atoms with van der Waals surface area (Å²) >= 11 is 3.30. The predicted octanol–water partition coefficient (Wildman–Crippen LogP) is 3.91. The summed E-state index contributed by atoms with van der Waals surface area (Å²) in [6, 6.07) is 3.84. The van der Waals surface area contributed by atoms with Crippen LogP contribution in [0.3, 0.4) is 0 Å². The Bertz CT molecular complexity index is 428. The predicted molar refractivity (Wildman–Crippen MR) is 74.3 cm³/mol. The number of hydrogen-bond donors (Lipinski definition) is 0. The second-order valence-electron chi connectivity index (χ2n) is 4.15. The van der Waals surface area contributed by atoms with Gasteiger partial charge in [0.15, 0.2) is 5.78 Å². The number of hydrogen-bond acceptors (Lipinski definition) is 4. The van der Waals surface area contributed by atoms with Crippen molar-refractivity contribution < 1.29 is 9.21 Å². The lowest BCUT2D eigenvalue weighted by Gasteiger charge is -2.05. The van der Waals surface area contributed by atoms with Gasteiger partial charge in [0, 0.05) is 21.6 Å². The van der Waals surface area contributed by atoms with Crippen molar-refractivity contribution in [1.29, 1.82) is 0 Å². The van der Waals surface area contributed by atoms with Gasteiger partial charge in [0.25, 0.3) is 0 Å². The smallest absolute Gasteiger partial charge is 0.164 e. The molecule has 1 heterocycles. The molecule has 2 nitrogen and oxygen atoms in total. The molecule has 1 aliphatic rings. The van der Waals surface area contributed by atoms with E-state index in [4.69, 9.17) is 4.42 Å². The van der Waals surface area contributed by atoms with Gasteiger partial charge in [0.2, 0.25) is 0 Å². The van der Waals surface area contributed by atoms with E-state index in [9.17, 15) is 4.79 Å². The molecule has 0 aromatic carbocycles. The summed E-state index contributed by atoms with van der Waals surface area (Å²) in [5, 5.41) is 0. The zero-order valence-electron chi connectivity index (χ0n) is 10.2. The highest BCUT2D eigenvalue weighted by Crippen LogP contribution is 2.50. The third-order valence-electron chi connectivity index (χ3n) is 3.08. The second-order valence-corrected chi connectivity index (χ2v) is 6.04. The SMILES string of the molecule is CSC(SC)=C(C)C(=O)C1CC1c1ccco1. The zero-order chi connectivity index (χ0) is 12.4. The molecule has 1 aromatic heterocycles. The number of allylic oxidation sites excluding steroid dienone is 1. The van der Waals surface area contributed by atoms with Crippen LogP contribution in [-0.2, 0) is 4.79 Å². The van der Waals surface area contributed by atoms with E-state index in [1.165, 1.54) is 0 Å². The molecule has 92 valence electrons. The molecule has 0 amide bonds. The van der Waals surface area contributed by atoms with Gasteiger partial charge in [-0.15, -0.1) is 23.5 Å². The Morgan fingerprint density at radius 1 is 1.41 bits per heavy atom. The van der Waals surface area contributed by atoms with Crippen LogP contribution in [0.5, 0.6) is 0 Å². The van der Waals surface area contributed by atoms with Crippen molar-refractivity contribution in [2.75, 3.05) is 12.5 Å². The fraction of sp³-hybridized carbons (Fsp3) is 0.462. The van der Waals surface area contributed by atoms with E-state index in [1.807, 2.05) is 31.6 Å². The number of rotatable bonds is 5. The fourth-order valence-electron chi connectivity index (χ4n) is 2.07. The molecule has 1 saturated carbocycles. The molecular formula is C13H16O2S2. The minimum Gasteiger partial charge on any atom is -0.469 e. The summed E-state index contributed by atoms with van der Waals surface area (Å²) in [5.74, 6) is 1.67. The number of furan rings is 1. The van der Waals surface area contributed by atoms with Crippen LogP contribution in [0.2, 0.25) is 0 Å². The Labute approximate surface area is 110 Å². The average Bonchev–Trinajstić information content (AvgIpc) is 2.95. The standard InChI is InChI=1S/C13H16O2S2/c1-8(13(16-2)17-3)12(14)10-7-9(10)11-5-4-6-15-11/h4-6,9-10H,7H2,1-3H3. The number of Topliss-reactive ketones (excluding diaryl/α,β-unsaturated/α-hetero) is 1. The van der Waals surface area contributed by atoms with E-state index in [1.54, 1.807) is 29.8 Å². The van der Waals surface area contributed by atoms with Crippen molar-refractivity contribution >= 4 is 29.3 Å². The first-order valence-electron chi connectivity index (χ1n) is 5.55. The van der Waals surface area contributed by atoms with Crippen molar-refractivity contribution in [3.63, 3.8) is 0 Å². The Balaban J connectivity index is 2.07. The third kappa shape index (κ3) is 2.63. The maximum atomic E-state index is 12.2. The maximum Gasteiger partial charge on any atom is 0.164 e. The molecule has 2 rings (SSSR count). The molecular weight excluding hydrogens is 252 g/mol. The topological polar surface area (TPSA) is 30.2 Å². The van der Waals surface area contributed by atoms with Gasteiger partial charge in [-0.05, 0) is 38.0 Å². The van der Waals surface area contributed by atoms with E-state index in [0.29, 0.717) is 5.92 Å². The van der Waals surface area contributed by atoms with Crippen LogP contribution in [0.15, 0.2) is 32.6 Å². The Morgan fingerprint density at radius 2 is 2.12 bits per heavy atom. The van der Waals surface area contributed by atoms with E-state index in [-0.39, 0.29) is 11.7 Å². The first-order chi connectivity index (χ1) is 8.19. The van der Waals surface area contributed by atoms with E-state index in [0.717, 1.165) is 22.0 Å². The lowest BCUT2D eigenvalue weighted by molar-refractivity contribution is -0.116. The average molecular weight is 268 g/mol. The lowest BCUT2D eigenvalue weighted by Crippen LogP contribution is -2.05. The van der Waals surface area contributed by atoms with Gasteiger partial charge in [-0.2, -0.15) is 0 Å². The van der Waals surface area contributed by atoms with E-state index in [2.05, 4.69) is 0 Å². The first kappa shape index (κ1) is 12.8. The molecule has 0 spiro atoms. The maximum absolute atomic E-state index is 12.2. The minimum atomic E-state index is 0.135. The van der Waals surface area contributed by atoms with Crippen molar-refractivity contribution in [3.05, 3.63) is 34.0 Å². The highest BCUT2D eigenvalue weighted by atomic mass is 32.2. The normalized spacial score (nSPS) is 22.3. The van der Waals surface area contributed by atoms with Crippen LogP contribution < -0.4 is 0 Å². The molecule has 0 aliphatic heterocycles. The van der Waals surface area contributed by atoms with E-state index < -0.39 is 0 Å². The molecule has 0 radical (unpaired) electrons. The number of carbonyl (C=O) groups excluding carboxylic acids is 1. The minimum absolute atomic E-state index is 0.135. The quantitative estimate of drug-likeness (QED) is 0.757. The Hall–Kier alpha value is -0.610. The summed E-state index contributed by atoms with van der Waals surface area (Å²) in [6.07, 6.45) is 6.63. The van der Waals surface area contributed by atoms with Crippen LogP contribution in [0.1, 0.15) is 25.0 Å². The summed E-state index contributed by atoms with van der Waals surface area (Å²) in [5.41, 5.74) is 0.907. The van der Waals surface area contributed by atoms with Crippen molar-refractivity contribution in [1.82, 2.24) is 0 Å². The summed E-state index contributed by atoms with van der Waals surface area (Å²) < 4.78 is 6.48. The number of thioether (sulfide) groups is 2. The molecule has 1 fully saturated rings. The molecule has 17 heavy (non-hydrogen) atoms. The van der Waals surface area contributed by atoms with Gasteiger partial charge in [-0.3, -0.25) is 4.79 Å². The van der Waals surface area contributed by atoms with E-state index >= 15 is 0 Å². The van der Waals surface area contributed by atoms with Gasteiger partial charge in [-0.25, -0.2) is 0 Å². The number of ketones is 1. The summed E-state index contributed by atoms with van der Waals surface area (Å²) in [6.45, 7) is 1.93. The van der Waals surface area contributed by atoms with Gasteiger partial charge in [0.1, 0.15) is 5.76 Å². The van der Waals surface area contributed by atoms with Crippen molar-refractivity contribution in [2.24, 2.45) is 5.92 Å². The van der Waals surface area contributed by atoms with Crippen molar-refractivity contribution in [3.8, 4) is 0 Å². The van der Waals surface area contributed by atoms with Crippen LogP contribution in [-0.4, -0.2) is 18.3 Å². The molecule has 1 aromatic rings. The van der Waals surface area contributed by atoms with Gasteiger partial charge >= 0.3 is 0 Å². The summed E-state index contributed by atoms with van der Waals surface area (Å²) in [7, 11) is 0. The second kappa shape index (κ2) is 5.36. The highest BCUT2D eigenvalue weighted by Gasteiger charge is 2.46. The highest BCUT2D eigenvalue weighted by molar-refractivity contribution is 8.21. The molecule has 0 saturated heterocycles. The zero-order valence-corrected chi connectivity index (χ0v) is 11.9. The van der Waals surface area contributed by atoms with Gasteiger partial charge in [0.05, 0.1) is 6.26 Å². The molecule has 2 unspecified atom stereocenters. The van der Waals surface area contributed by atoms with Crippen LogP contribution in [0.25, 0.3) is 0 Å². The van der Waals surface area contributed by atoms with Crippen molar-refractivity contribution in [2.45, 2.75) is 19.3 Å².